The van der Waals surface area contributed by atoms with Crippen LogP contribution in [0.4, 0.5) is 0 Å². The van der Waals surface area contributed by atoms with Gasteiger partial charge in [0.25, 0.3) is 0 Å². The summed E-state index contributed by atoms with van der Waals surface area (Å²) >= 11 is 0. The number of ether oxygens (including phenoxy) is 2. The number of carbonyl (C=O) groups is 2. The molecule has 0 bridgehead atoms. The molecule has 25 heavy (non-hydrogen) atoms. The molecule has 0 aromatic rings. The average Bonchev–Trinajstić information content (AvgIpc) is 2.59. The first-order chi connectivity index (χ1) is 11.8. The number of carboxylic acid groups (broad SMARTS) is 1. The molecule has 0 aromatic heterocycles. The highest BCUT2D eigenvalue weighted by atomic mass is 16.5. The standard InChI is InChI=1S/C12H22O2.C8H14O3/c1-12(2,3)11(13)5-4-10-6-8-14-9-7-10;9-8(10)2-1-7-3-5-11-6-4-7/h10H,4-9H2,1-3H3;7H,1-6H2,(H,9,10). The van der Waals surface area contributed by atoms with E-state index in [1.54, 1.807) is 0 Å². The number of ketones is 1. The minimum absolute atomic E-state index is 0.162. The van der Waals surface area contributed by atoms with E-state index in [-0.39, 0.29) is 5.41 Å². The Morgan fingerprint density at radius 3 is 1.60 bits per heavy atom. The molecule has 0 spiro atoms. The number of carbonyl (C=O) groups excluding carboxylic acids is 1. The summed E-state index contributed by atoms with van der Waals surface area (Å²) in [5.74, 6) is 1.01. The van der Waals surface area contributed by atoms with Crippen molar-refractivity contribution in [3.8, 4) is 0 Å². The van der Waals surface area contributed by atoms with Crippen molar-refractivity contribution in [2.75, 3.05) is 26.4 Å². The Balaban J connectivity index is 0.000000257. The van der Waals surface area contributed by atoms with Gasteiger partial charge >= 0.3 is 5.97 Å². The van der Waals surface area contributed by atoms with Crippen molar-refractivity contribution in [3.05, 3.63) is 0 Å². The second-order valence-electron chi connectivity index (χ2n) is 8.26. The van der Waals surface area contributed by atoms with Crippen LogP contribution in [-0.4, -0.2) is 43.3 Å². The van der Waals surface area contributed by atoms with Gasteiger partial charge in [-0.1, -0.05) is 20.8 Å². The molecule has 0 aliphatic carbocycles. The second-order valence-corrected chi connectivity index (χ2v) is 8.26. The Kier molecular flexibility index (Phi) is 10.3. The third kappa shape index (κ3) is 10.6. The van der Waals surface area contributed by atoms with Crippen LogP contribution in [-0.2, 0) is 19.1 Å². The zero-order chi connectivity index (χ0) is 18.7. The van der Waals surface area contributed by atoms with E-state index in [0.717, 1.165) is 77.3 Å². The number of Topliss-reactive ketones (excluding diaryl/α,β-unsaturated/α-hetero) is 1. The molecule has 0 unspecified atom stereocenters. The molecule has 2 aliphatic heterocycles. The van der Waals surface area contributed by atoms with E-state index < -0.39 is 5.97 Å². The van der Waals surface area contributed by atoms with Crippen molar-refractivity contribution in [1.29, 1.82) is 0 Å². The fourth-order valence-electron chi connectivity index (χ4n) is 3.11. The smallest absolute Gasteiger partial charge is 0.303 e. The first-order valence-electron chi connectivity index (χ1n) is 9.69. The molecule has 1 N–H and O–H groups in total. The molecule has 2 fully saturated rings. The molecular formula is C20H36O5. The van der Waals surface area contributed by atoms with Crippen molar-refractivity contribution < 1.29 is 24.2 Å². The fraction of sp³-hybridized carbons (Fsp3) is 0.900. The molecule has 2 saturated heterocycles. The Morgan fingerprint density at radius 1 is 0.840 bits per heavy atom. The van der Waals surface area contributed by atoms with Crippen LogP contribution < -0.4 is 0 Å². The molecule has 2 aliphatic rings. The summed E-state index contributed by atoms with van der Waals surface area (Å²) in [6.45, 7) is 9.38. The quantitative estimate of drug-likeness (QED) is 0.776. The number of carboxylic acids is 1. The van der Waals surface area contributed by atoms with Gasteiger partial charge in [0.15, 0.2) is 0 Å². The Hall–Kier alpha value is -0.940. The van der Waals surface area contributed by atoms with Crippen molar-refractivity contribution in [1.82, 2.24) is 0 Å². The van der Waals surface area contributed by atoms with Crippen LogP contribution in [0.1, 0.15) is 72.1 Å². The van der Waals surface area contributed by atoms with Gasteiger partial charge in [0.2, 0.25) is 0 Å². The lowest BCUT2D eigenvalue weighted by atomic mass is 9.85. The Morgan fingerprint density at radius 2 is 1.24 bits per heavy atom. The summed E-state index contributed by atoms with van der Waals surface area (Å²) in [4.78, 5) is 21.9. The lowest BCUT2D eigenvalue weighted by Gasteiger charge is -2.23. The van der Waals surface area contributed by atoms with E-state index in [2.05, 4.69) is 0 Å². The van der Waals surface area contributed by atoms with Gasteiger partial charge in [-0.15, -0.1) is 0 Å². The summed E-state index contributed by atoms with van der Waals surface area (Å²) in [5, 5.41) is 8.41. The van der Waals surface area contributed by atoms with Crippen LogP contribution in [0.5, 0.6) is 0 Å². The minimum Gasteiger partial charge on any atom is -0.481 e. The van der Waals surface area contributed by atoms with E-state index in [0.29, 0.717) is 18.1 Å². The molecule has 2 heterocycles. The van der Waals surface area contributed by atoms with E-state index >= 15 is 0 Å². The van der Waals surface area contributed by atoms with E-state index in [1.165, 1.54) is 0 Å². The number of hydrogen-bond donors (Lipinski definition) is 1. The maximum atomic E-state index is 11.7. The molecule has 146 valence electrons. The van der Waals surface area contributed by atoms with Gasteiger partial charge in [0.05, 0.1) is 0 Å². The highest BCUT2D eigenvalue weighted by Gasteiger charge is 2.22. The molecule has 0 radical (unpaired) electrons. The molecule has 0 amide bonds. The molecular weight excluding hydrogens is 320 g/mol. The van der Waals surface area contributed by atoms with Crippen LogP contribution in [0.25, 0.3) is 0 Å². The summed E-state index contributed by atoms with van der Waals surface area (Å²) in [7, 11) is 0. The summed E-state index contributed by atoms with van der Waals surface area (Å²) in [5.41, 5.74) is -0.162. The molecule has 5 heteroatoms. The monoisotopic (exact) mass is 356 g/mol. The molecule has 0 aromatic carbocycles. The first kappa shape index (κ1) is 22.1. The van der Waals surface area contributed by atoms with Gasteiger partial charge < -0.3 is 14.6 Å². The average molecular weight is 357 g/mol. The number of aliphatic carboxylic acids is 1. The van der Waals surface area contributed by atoms with Gasteiger partial charge in [0.1, 0.15) is 5.78 Å². The van der Waals surface area contributed by atoms with Crippen molar-refractivity contribution in [3.63, 3.8) is 0 Å². The number of rotatable bonds is 6. The summed E-state index contributed by atoms with van der Waals surface area (Å²) in [6, 6.07) is 0. The van der Waals surface area contributed by atoms with Gasteiger partial charge in [-0.3, -0.25) is 9.59 Å². The predicted molar refractivity (Wildman–Crippen MR) is 97.7 cm³/mol. The van der Waals surface area contributed by atoms with Gasteiger partial charge in [-0.25, -0.2) is 0 Å². The molecule has 0 saturated carbocycles. The van der Waals surface area contributed by atoms with Crippen LogP contribution in [0, 0.1) is 17.3 Å². The highest BCUT2D eigenvalue weighted by molar-refractivity contribution is 5.83. The minimum atomic E-state index is -0.684. The maximum absolute atomic E-state index is 11.7. The van der Waals surface area contributed by atoms with Crippen molar-refractivity contribution in [2.45, 2.75) is 72.1 Å². The van der Waals surface area contributed by atoms with Gasteiger partial charge in [-0.05, 0) is 50.4 Å². The lowest BCUT2D eigenvalue weighted by molar-refractivity contribution is -0.137. The second kappa shape index (κ2) is 11.6. The Labute approximate surface area is 152 Å². The third-order valence-corrected chi connectivity index (χ3v) is 5.06. The third-order valence-electron chi connectivity index (χ3n) is 5.06. The summed E-state index contributed by atoms with van der Waals surface area (Å²) in [6.07, 6.45) is 7.27. The number of hydrogen-bond acceptors (Lipinski definition) is 4. The molecule has 0 atom stereocenters. The largest absolute Gasteiger partial charge is 0.481 e. The van der Waals surface area contributed by atoms with Crippen molar-refractivity contribution >= 4 is 11.8 Å². The van der Waals surface area contributed by atoms with Crippen LogP contribution in [0.2, 0.25) is 0 Å². The highest BCUT2D eigenvalue weighted by Crippen LogP contribution is 2.24. The van der Waals surface area contributed by atoms with E-state index in [1.807, 2.05) is 20.8 Å². The topological polar surface area (TPSA) is 72.8 Å². The van der Waals surface area contributed by atoms with Gasteiger partial charge in [0, 0.05) is 44.7 Å². The van der Waals surface area contributed by atoms with E-state index in [9.17, 15) is 9.59 Å². The SMILES string of the molecule is CC(C)(C)C(=O)CCC1CCOCC1.O=C(O)CCC1CCOCC1. The Bertz CT molecular complexity index is 387. The maximum Gasteiger partial charge on any atom is 0.303 e. The van der Waals surface area contributed by atoms with Crippen LogP contribution >= 0.6 is 0 Å². The predicted octanol–water partition coefficient (Wildman–Crippen LogP) is 4.09. The molecule has 2 rings (SSSR count). The zero-order valence-electron chi connectivity index (χ0n) is 16.2. The normalized spacial score (nSPS) is 19.8. The fourth-order valence-corrected chi connectivity index (χ4v) is 3.11. The van der Waals surface area contributed by atoms with Gasteiger partial charge in [-0.2, -0.15) is 0 Å². The van der Waals surface area contributed by atoms with Crippen molar-refractivity contribution in [2.24, 2.45) is 17.3 Å². The lowest BCUT2D eigenvalue weighted by Crippen LogP contribution is -2.22. The molecule has 5 nitrogen and oxygen atoms in total. The summed E-state index contributed by atoms with van der Waals surface area (Å²) < 4.78 is 10.4. The first-order valence-corrected chi connectivity index (χ1v) is 9.69. The zero-order valence-corrected chi connectivity index (χ0v) is 16.2. The van der Waals surface area contributed by atoms with Crippen LogP contribution in [0.15, 0.2) is 0 Å². The van der Waals surface area contributed by atoms with E-state index in [4.69, 9.17) is 14.6 Å². The van der Waals surface area contributed by atoms with Crippen LogP contribution in [0.3, 0.4) is 0 Å².